The molecule has 1 aliphatic carbocycles. The predicted octanol–water partition coefficient (Wildman–Crippen LogP) is 2.66. The molecule has 0 radical (unpaired) electrons. The van der Waals surface area contributed by atoms with Crippen molar-refractivity contribution in [2.24, 2.45) is 0 Å². The van der Waals surface area contributed by atoms with E-state index in [1.54, 1.807) is 17.4 Å². The maximum Gasteiger partial charge on any atom is 0.275 e. The van der Waals surface area contributed by atoms with Gasteiger partial charge < -0.3 is 5.32 Å². The fourth-order valence-electron chi connectivity index (χ4n) is 3.57. The Morgan fingerprint density at radius 2 is 2.08 bits per heavy atom. The van der Waals surface area contributed by atoms with E-state index in [4.69, 9.17) is 0 Å². The maximum absolute atomic E-state index is 12.6. The lowest BCUT2D eigenvalue weighted by atomic mass is 9.97. The predicted molar refractivity (Wildman–Crippen MR) is 101 cm³/mol. The summed E-state index contributed by atoms with van der Waals surface area (Å²) in [5.41, 5.74) is 1.49. The van der Waals surface area contributed by atoms with Crippen LogP contribution < -0.4 is 10.9 Å². The van der Waals surface area contributed by atoms with Crippen molar-refractivity contribution in [2.45, 2.75) is 45.7 Å². The van der Waals surface area contributed by atoms with Crippen LogP contribution in [0.5, 0.6) is 0 Å². The quantitative estimate of drug-likeness (QED) is 0.771. The second-order valence-corrected chi connectivity index (χ2v) is 7.94. The van der Waals surface area contributed by atoms with Crippen LogP contribution in [0.15, 0.2) is 29.1 Å². The minimum absolute atomic E-state index is 0.0755. The number of hydrogen-bond donors (Lipinski definition) is 1. The highest BCUT2D eigenvalue weighted by atomic mass is 32.1. The molecule has 1 aromatic carbocycles. The normalized spacial score (nSPS) is 16.5. The minimum atomic E-state index is -0.241. The zero-order chi connectivity index (χ0) is 18.3. The number of fused-ring (bicyclic) bond motifs is 2. The van der Waals surface area contributed by atoms with Crippen LogP contribution in [0.4, 0.5) is 0 Å². The number of nitrogens with one attached hydrogen (secondary N) is 1. The molecule has 7 heteroatoms. The lowest BCUT2D eigenvalue weighted by molar-refractivity contribution is -0.122. The highest BCUT2D eigenvalue weighted by Gasteiger charge is 2.25. The van der Waals surface area contributed by atoms with Gasteiger partial charge in [-0.3, -0.25) is 9.59 Å². The molecular weight excluding hydrogens is 348 g/mol. The van der Waals surface area contributed by atoms with E-state index in [0.29, 0.717) is 5.39 Å². The van der Waals surface area contributed by atoms with Crippen LogP contribution in [0, 0.1) is 13.8 Å². The molecule has 26 heavy (non-hydrogen) atoms. The number of benzene rings is 1. The molecule has 0 spiro atoms. The van der Waals surface area contributed by atoms with Gasteiger partial charge in [-0.1, -0.05) is 18.2 Å². The van der Waals surface area contributed by atoms with Crippen molar-refractivity contribution < 1.29 is 4.79 Å². The Balaban J connectivity index is 1.57. The summed E-state index contributed by atoms with van der Waals surface area (Å²) in [5, 5.41) is 9.79. The molecule has 3 aromatic rings. The van der Waals surface area contributed by atoms with Crippen molar-refractivity contribution in [3.8, 4) is 0 Å². The molecule has 0 bridgehead atoms. The number of aromatic nitrogens is 3. The van der Waals surface area contributed by atoms with Crippen LogP contribution in [0.25, 0.3) is 10.8 Å². The summed E-state index contributed by atoms with van der Waals surface area (Å²) in [6.07, 6.45) is 2.94. The lowest BCUT2D eigenvalue weighted by Crippen LogP contribution is -2.37. The Morgan fingerprint density at radius 1 is 1.31 bits per heavy atom. The summed E-state index contributed by atoms with van der Waals surface area (Å²) in [6, 6.07) is 7.27. The lowest BCUT2D eigenvalue weighted by Gasteiger charge is -2.22. The number of thiazole rings is 1. The van der Waals surface area contributed by atoms with Crippen LogP contribution in [-0.4, -0.2) is 20.7 Å². The van der Waals surface area contributed by atoms with E-state index in [9.17, 15) is 9.59 Å². The summed E-state index contributed by atoms with van der Waals surface area (Å²) >= 11 is 1.70. The number of hydrogen-bond acceptors (Lipinski definition) is 5. The molecule has 1 atom stereocenters. The third kappa shape index (κ3) is 3.03. The standard InChI is InChI=1S/C19H20N4O2S/c1-11-13-6-3-4-7-14(13)19(25)23(22-11)10-17(24)21-15-8-5-9-16-18(15)20-12(2)26-16/h3-4,6-7,15H,5,8-10H2,1-2H3,(H,21,24)/t15-/m1/s1. The van der Waals surface area contributed by atoms with Crippen molar-refractivity contribution in [1.29, 1.82) is 0 Å². The SMILES string of the molecule is Cc1nc2c(s1)CCC[C@H]2NC(=O)Cn1nc(C)c2ccccc2c1=O. The molecule has 0 saturated carbocycles. The molecule has 0 unspecified atom stereocenters. The van der Waals surface area contributed by atoms with Gasteiger partial charge in [0, 0.05) is 10.3 Å². The van der Waals surface area contributed by atoms with Gasteiger partial charge in [-0.2, -0.15) is 5.10 Å². The first-order chi connectivity index (χ1) is 12.5. The molecule has 0 fully saturated rings. The number of carbonyl (C=O) groups excluding carboxylic acids is 1. The molecule has 1 aliphatic rings. The zero-order valence-corrected chi connectivity index (χ0v) is 15.6. The van der Waals surface area contributed by atoms with Gasteiger partial charge >= 0.3 is 0 Å². The molecular formula is C19H20N4O2S. The van der Waals surface area contributed by atoms with E-state index in [0.717, 1.165) is 41.0 Å². The van der Waals surface area contributed by atoms with Gasteiger partial charge in [-0.15, -0.1) is 11.3 Å². The van der Waals surface area contributed by atoms with E-state index in [1.807, 2.05) is 32.0 Å². The van der Waals surface area contributed by atoms with Gasteiger partial charge in [0.2, 0.25) is 5.91 Å². The fourth-order valence-corrected chi connectivity index (χ4v) is 4.61. The van der Waals surface area contributed by atoms with E-state index in [1.165, 1.54) is 9.56 Å². The van der Waals surface area contributed by atoms with Crippen molar-refractivity contribution in [3.05, 3.63) is 55.9 Å². The molecule has 0 saturated heterocycles. The molecule has 6 nitrogen and oxygen atoms in total. The molecule has 1 amide bonds. The molecule has 4 rings (SSSR count). The topological polar surface area (TPSA) is 76.9 Å². The van der Waals surface area contributed by atoms with Crippen molar-refractivity contribution >= 4 is 28.0 Å². The minimum Gasteiger partial charge on any atom is -0.346 e. The summed E-state index contributed by atoms with van der Waals surface area (Å²) in [4.78, 5) is 31.0. The van der Waals surface area contributed by atoms with Crippen molar-refractivity contribution in [1.82, 2.24) is 20.1 Å². The van der Waals surface area contributed by atoms with Gasteiger partial charge in [-0.05, 0) is 39.2 Å². The third-order valence-electron chi connectivity index (χ3n) is 4.74. The Hall–Kier alpha value is -2.54. The van der Waals surface area contributed by atoms with E-state index in [-0.39, 0.29) is 24.1 Å². The second kappa shape index (κ2) is 6.64. The molecule has 2 heterocycles. The average Bonchev–Trinajstić information content (AvgIpc) is 3.01. The summed E-state index contributed by atoms with van der Waals surface area (Å²) in [6.45, 7) is 3.75. The summed E-state index contributed by atoms with van der Waals surface area (Å²) < 4.78 is 1.25. The van der Waals surface area contributed by atoms with Crippen molar-refractivity contribution in [3.63, 3.8) is 0 Å². The first-order valence-electron chi connectivity index (χ1n) is 8.75. The molecule has 134 valence electrons. The average molecular weight is 368 g/mol. The molecule has 2 aromatic heterocycles. The number of rotatable bonds is 3. The van der Waals surface area contributed by atoms with Gasteiger partial charge in [0.1, 0.15) is 6.54 Å². The number of carbonyl (C=O) groups is 1. The summed E-state index contributed by atoms with van der Waals surface area (Å²) in [7, 11) is 0. The van der Waals surface area contributed by atoms with Gasteiger partial charge in [0.25, 0.3) is 5.56 Å². The largest absolute Gasteiger partial charge is 0.346 e. The van der Waals surface area contributed by atoms with Crippen LogP contribution in [-0.2, 0) is 17.8 Å². The Bertz CT molecular complexity index is 1050. The van der Waals surface area contributed by atoms with Crippen LogP contribution >= 0.6 is 11.3 Å². The second-order valence-electron chi connectivity index (χ2n) is 6.65. The van der Waals surface area contributed by atoms with E-state index < -0.39 is 0 Å². The van der Waals surface area contributed by atoms with Crippen LogP contribution in [0.3, 0.4) is 0 Å². The van der Waals surface area contributed by atoms with Gasteiger partial charge in [-0.25, -0.2) is 9.67 Å². The first-order valence-corrected chi connectivity index (χ1v) is 9.56. The number of amides is 1. The van der Waals surface area contributed by atoms with E-state index >= 15 is 0 Å². The van der Waals surface area contributed by atoms with Crippen LogP contribution in [0.1, 0.15) is 40.2 Å². The highest BCUT2D eigenvalue weighted by Crippen LogP contribution is 2.32. The smallest absolute Gasteiger partial charge is 0.275 e. The van der Waals surface area contributed by atoms with Gasteiger partial charge in [0.05, 0.1) is 27.8 Å². The van der Waals surface area contributed by atoms with E-state index in [2.05, 4.69) is 15.4 Å². The zero-order valence-electron chi connectivity index (χ0n) is 14.8. The van der Waals surface area contributed by atoms with Crippen molar-refractivity contribution in [2.75, 3.05) is 0 Å². The maximum atomic E-state index is 12.6. The molecule has 1 N–H and O–H groups in total. The highest BCUT2D eigenvalue weighted by molar-refractivity contribution is 7.11. The Kier molecular flexibility index (Phi) is 4.32. The fraction of sp³-hybridized carbons (Fsp3) is 0.368. The Morgan fingerprint density at radius 3 is 2.88 bits per heavy atom. The monoisotopic (exact) mass is 368 g/mol. The Labute approximate surface area is 154 Å². The number of aryl methyl sites for hydroxylation is 3. The number of nitrogens with zero attached hydrogens (tertiary/aromatic N) is 3. The third-order valence-corrected chi connectivity index (χ3v) is 5.79. The first kappa shape index (κ1) is 16.9. The van der Waals surface area contributed by atoms with Crippen LogP contribution in [0.2, 0.25) is 0 Å². The summed E-state index contributed by atoms with van der Waals surface area (Å²) in [5.74, 6) is -0.210. The van der Waals surface area contributed by atoms with Gasteiger partial charge in [0.15, 0.2) is 0 Å². The molecule has 0 aliphatic heterocycles.